The minimum atomic E-state index is -0.464. The first-order valence-corrected chi connectivity index (χ1v) is 13.1. The lowest BCUT2D eigenvalue weighted by Crippen LogP contribution is -2.44. The van der Waals surface area contributed by atoms with Crippen LogP contribution in [0.4, 0.5) is 10.5 Å². The number of rotatable bonds is 12. The van der Waals surface area contributed by atoms with Gasteiger partial charge in [0.25, 0.3) is 0 Å². The normalized spacial score (nSPS) is 10.5. The SMILES string of the molecule is C=CCN(CC(=O)N(CCc1ccc(OC)c(OC)c1)Cc1cccs1)C(=O)Nc1ccc(Cl)cc1Cl. The van der Waals surface area contributed by atoms with Crippen molar-refractivity contribution in [2.75, 3.05) is 39.2 Å². The molecule has 3 amide bonds. The van der Waals surface area contributed by atoms with Crippen LogP contribution in [0.1, 0.15) is 10.4 Å². The van der Waals surface area contributed by atoms with Crippen molar-refractivity contribution in [3.8, 4) is 11.5 Å². The van der Waals surface area contributed by atoms with E-state index in [2.05, 4.69) is 11.9 Å². The van der Waals surface area contributed by atoms with Gasteiger partial charge < -0.3 is 24.6 Å². The van der Waals surface area contributed by atoms with Gasteiger partial charge in [0, 0.05) is 23.0 Å². The second-order valence-corrected chi connectivity index (χ2v) is 9.93. The molecule has 0 aliphatic carbocycles. The summed E-state index contributed by atoms with van der Waals surface area (Å²) in [7, 11) is 3.18. The van der Waals surface area contributed by atoms with Crippen molar-refractivity contribution >= 4 is 52.2 Å². The third-order valence-electron chi connectivity index (χ3n) is 5.53. The molecule has 0 bridgehead atoms. The fourth-order valence-corrected chi connectivity index (χ4v) is 4.78. The summed E-state index contributed by atoms with van der Waals surface area (Å²) in [6, 6.07) is 13.9. The molecule has 2 aromatic carbocycles. The Kier molecular flexibility index (Phi) is 10.7. The maximum Gasteiger partial charge on any atom is 0.322 e. The number of hydrogen-bond donors (Lipinski definition) is 1. The summed E-state index contributed by atoms with van der Waals surface area (Å²) in [4.78, 5) is 30.6. The largest absolute Gasteiger partial charge is 0.493 e. The third kappa shape index (κ3) is 8.15. The van der Waals surface area contributed by atoms with E-state index in [4.69, 9.17) is 32.7 Å². The van der Waals surface area contributed by atoms with Gasteiger partial charge in [-0.2, -0.15) is 0 Å². The van der Waals surface area contributed by atoms with Gasteiger partial charge >= 0.3 is 6.03 Å². The van der Waals surface area contributed by atoms with E-state index in [1.807, 2.05) is 35.7 Å². The molecule has 196 valence electrons. The Hall–Kier alpha value is -3.20. The van der Waals surface area contributed by atoms with Crippen LogP contribution in [0.3, 0.4) is 0 Å². The molecule has 0 aliphatic rings. The summed E-state index contributed by atoms with van der Waals surface area (Å²) < 4.78 is 10.7. The summed E-state index contributed by atoms with van der Waals surface area (Å²) in [6.45, 7) is 4.69. The van der Waals surface area contributed by atoms with E-state index in [1.165, 1.54) is 4.90 Å². The predicted octanol–water partition coefficient (Wildman–Crippen LogP) is 6.36. The van der Waals surface area contributed by atoms with E-state index in [1.54, 1.807) is 54.7 Å². The lowest BCUT2D eigenvalue weighted by atomic mass is 10.1. The molecule has 7 nitrogen and oxygen atoms in total. The minimum absolute atomic E-state index is 0.125. The van der Waals surface area contributed by atoms with Crippen molar-refractivity contribution in [3.05, 3.63) is 87.1 Å². The number of nitrogens with one attached hydrogen (secondary N) is 1. The smallest absolute Gasteiger partial charge is 0.322 e. The molecular formula is C27H29Cl2N3O4S. The highest BCUT2D eigenvalue weighted by Gasteiger charge is 2.22. The van der Waals surface area contributed by atoms with E-state index < -0.39 is 6.03 Å². The molecule has 0 radical (unpaired) electrons. The van der Waals surface area contributed by atoms with Crippen LogP contribution < -0.4 is 14.8 Å². The number of ether oxygens (including phenoxy) is 2. The predicted molar refractivity (Wildman–Crippen MR) is 150 cm³/mol. The zero-order chi connectivity index (χ0) is 26.8. The molecule has 0 aliphatic heterocycles. The maximum absolute atomic E-state index is 13.5. The van der Waals surface area contributed by atoms with Gasteiger partial charge in [-0.05, 0) is 53.8 Å². The van der Waals surface area contributed by atoms with Crippen molar-refractivity contribution in [3.63, 3.8) is 0 Å². The van der Waals surface area contributed by atoms with Gasteiger partial charge in [0.2, 0.25) is 5.91 Å². The van der Waals surface area contributed by atoms with E-state index in [0.717, 1.165) is 10.4 Å². The molecule has 0 fully saturated rings. The fraction of sp³-hybridized carbons (Fsp3) is 0.259. The van der Waals surface area contributed by atoms with E-state index in [-0.39, 0.29) is 19.0 Å². The Morgan fingerprint density at radius 3 is 2.49 bits per heavy atom. The van der Waals surface area contributed by atoms with Gasteiger partial charge in [-0.25, -0.2) is 4.79 Å². The second-order valence-electron chi connectivity index (χ2n) is 8.06. The molecule has 10 heteroatoms. The summed E-state index contributed by atoms with van der Waals surface area (Å²) in [5, 5.41) is 5.48. The third-order valence-corrected chi connectivity index (χ3v) is 6.94. The molecule has 0 saturated carbocycles. The Morgan fingerprint density at radius 2 is 1.84 bits per heavy atom. The van der Waals surface area contributed by atoms with Crippen LogP contribution >= 0.6 is 34.5 Å². The average molecular weight is 563 g/mol. The number of hydrogen-bond acceptors (Lipinski definition) is 5. The molecule has 3 aromatic rings. The average Bonchev–Trinajstić information content (AvgIpc) is 3.40. The van der Waals surface area contributed by atoms with E-state index in [0.29, 0.717) is 46.7 Å². The fourth-order valence-electron chi connectivity index (χ4n) is 3.61. The van der Waals surface area contributed by atoms with Crippen molar-refractivity contribution in [2.45, 2.75) is 13.0 Å². The van der Waals surface area contributed by atoms with Gasteiger partial charge in [0.1, 0.15) is 6.54 Å². The molecule has 0 spiro atoms. The highest BCUT2D eigenvalue weighted by atomic mass is 35.5. The number of carbonyl (C=O) groups excluding carboxylic acids is 2. The standard InChI is InChI=1S/C27H29Cl2N3O4S/c1-4-12-32(27(34)30-23-9-8-20(28)16-22(23)29)18-26(33)31(17-21-6-5-14-37-21)13-11-19-7-10-24(35-2)25(15-19)36-3/h4-10,14-16H,1,11-13,17-18H2,2-3H3,(H,30,34). The summed E-state index contributed by atoms with van der Waals surface area (Å²) in [5.74, 6) is 1.09. The topological polar surface area (TPSA) is 71.1 Å². The van der Waals surface area contributed by atoms with Gasteiger partial charge in [-0.3, -0.25) is 4.79 Å². The van der Waals surface area contributed by atoms with Crippen LogP contribution in [-0.2, 0) is 17.8 Å². The number of urea groups is 1. The van der Waals surface area contributed by atoms with Crippen LogP contribution in [-0.4, -0.2) is 55.6 Å². The maximum atomic E-state index is 13.5. The van der Waals surface area contributed by atoms with Crippen LogP contribution in [0.25, 0.3) is 0 Å². The van der Waals surface area contributed by atoms with Gasteiger partial charge in [-0.15, -0.1) is 17.9 Å². The van der Waals surface area contributed by atoms with Gasteiger partial charge in [0.05, 0.1) is 31.5 Å². The van der Waals surface area contributed by atoms with Crippen molar-refractivity contribution < 1.29 is 19.1 Å². The zero-order valence-corrected chi connectivity index (χ0v) is 23.0. The minimum Gasteiger partial charge on any atom is -0.493 e. The summed E-state index contributed by atoms with van der Waals surface area (Å²) in [5.41, 5.74) is 1.40. The molecule has 1 aromatic heterocycles. The van der Waals surface area contributed by atoms with Crippen molar-refractivity contribution in [2.24, 2.45) is 0 Å². The molecule has 3 rings (SSSR count). The zero-order valence-electron chi connectivity index (χ0n) is 20.7. The summed E-state index contributed by atoms with van der Waals surface area (Å²) >= 11 is 13.7. The molecule has 1 N–H and O–H groups in total. The number of methoxy groups -OCH3 is 2. The lowest BCUT2D eigenvalue weighted by Gasteiger charge is -2.27. The van der Waals surface area contributed by atoms with Crippen LogP contribution in [0.2, 0.25) is 10.0 Å². The van der Waals surface area contributed by atoms with Crippen molar-refractivity contribution in [1.29, 1.82) is 0 Å². The Bertz CT molecular complexity index is 1220. The number of halogens is 2. The number of anilines is 1. The van der Waals surface area contributed by atoms with Gasteiger partial charge in [0.15, 0.2) is 11.5 Å². The van der Waals surface area contributed by atoms with Gasteiger partial charge in [-0.1, -0.05) is 41.4 Å². The molecule has 37 heavy (non-hydrogen) atoms. The summed E-state index contributed by atoms with van der Waals surface area (Å²) in [6.07, 6.45) is 2.18. The van der Waals surface area contributed by atoms with E-state index in [9.17, 15) is 9.59 Å². The lowest BCUT2D eigenvalue weighted by molar-refractivity contribution is -0.132. The quantitative estimate of drug-likeness (QED) is 0.261. The van der Waals surface area contributed by atoms with Crippen molar-refractivity contribution in [1.82, 2.24) is 9.80 Å². The highest BCUT2D eigenvalue weighted by molar-refractivity contribution is 7.09. The molecule has 1 heterocycles. The second kappa shape index (κ2) is 13.9. The number of nitrogens with zero attached hydrogens (tertiary/aromatic N) is 2. The Balaban J connectivity index is 1.73. The number of benzene rings is 2. The Labute approximate surface area is 231 Å². The van der Waals surface area contributed by atoms with E-state index >= 15 is 0 Å². The van der Waals surface area contributed by atoms with Crippen LogP contribution in [0.5, 0.6) is 11.5 Å². The first-order chi connectivity index (χ1) is 17.8. The molecule has 0 unspecified atom stereocenters. The molecule has 0 atom stereocenters. The van der Waals surface area contributed by atoms with Crippen LogP contribution in [0.15, 0.2) is 66.6 Å². The number of thiophene rings is 1. The highest BCUT2D eigenvalue weighted by Crippen LogP contribution is 2.28. The molecule has 0 saturated heterocycles. The number of carbonyl (C=O) groups is 2. The number of amides is 3. The Morgan fingerprint density at radius 1 is 1.05 bits per heavy atom. The van der Waals surface area contributed by atoms with Crippen LogP contribution in [0, 0.1) is 0 Å². The first-order valence-electron chi connectivity index (χ1n) is 11.5. The monoisotopic (exact) mass is 561 g/mol. The first kappa shape index (κ1) is 28.4. The molecular weight excluding hydrogens is 533 g/mol.